The Labute approximate surface area is 194 Å². The van der Waals surface area contributed by atoms with E-state index in [9.17, 15) is 9.59 Å². The van der Waals surface area contributed by atoms with Gasteiger partial charge in [-0.2, -0.15) is 5.53 Å². The van der Waals surface area contributed by atoms with Gasteiger partial charge in [0.2, 0.25) is 11.8 Å². The molecule has 2 amide bonds. The Kier molecular flexibility index (Phi) is 6.30. The van der Waals surface area contributed by atoms with Crippen molar-refractivity contribution in [3.05, 3.63) is 65.7 Å². The van der Waals surface area contributed by atoms with E-state index >= 15 is 0 Å². The van der Waals surface area contributed by atoms with Gasteiger partial charge in [-0.15, -0.1) is 0 Å². The van der Waals surface area contributed by atoms with Crippen LogP contribution in [0.15, 0.2) is 54.6 Å². The second-order valence-corrected chi connectivity index (χ2v) is 9.08. The van der Waals surface area contributed by atoms with E-state index in [0.717, 1.165) is 24.2 Å². The number of benzene rings is 2. The van der Waals surface area contributed by atoms with Gasteiger partial charge in [0, 0.05) is 18.5 Å². The van der Waals surface area contributed by atoms with Crippen molar-refractivity contribution in [2.75, 3.05) is 13.7 Å². The second kappa shape index (κ2) is 9.51. The minimum absolute atomic E-state index is 0.0295. The van der Waals surface area contributed by atoms with Gasteiger partial charge in [-0.25, -0.2) is 10.4 Å². The van der Waals surface area contributed by atoms with Gasteiger partial charge in [0.05, 0.1) is 19.1 Å². The van der Waals surface area contributed by atoms with Gasteiger partial charge in [-0.3, -0.25) is 9.59 Å². The molecule has 5 rings (SSSR count). The molecule has 8 heteroatoms. The molecule has 174 valence electrons. The fourth-order valence-electron chi connectivity index (χ4n) is 5.34. The topological polar surface area (TPSA) is 94.7 Å². The number of rotatable bonds is 6. The molecule has 0 aromatic heterocycles. The zero-order chi connectivity index (χ0) is 22.8. The molecule has 5 unspecified atom stereocenters. The molecule has 3 fully saturated rings. The molecule has 8 nitrogen and oxygen atoms in total. The van der Waals surface area contributed by atoms with Crippen molar-refractivity contribution < 1.29 is 14.3 Å². The number of hydrazine groups is 2. The van der Waals surface area contributed by atoms with Crippen LogP contribution in [0.3, 0.4) is 0 Å². The van der Waals surface area contributed by atoms with E-state index in [4.69, 9.17) is 4.74 Å². The van der Waals surface area contributed by atoms with Crippen LogP contribution in [-0.4, -0.2) is 42.7 Å². The number of amides is 2. The molecule has 1 aliphatic carbocycles. The summed E-state index contributed by atoms with van der Waals surface area (Å²) in [7, 11) is 1.64. The smallest absolute Gasteiger partial charge is 0.226 e. The minimum Gasteiger partial charge on any atom is -0.497 e. The fraction of sp³-hybridized carbons (Fsp3) is 0.440. The number of fused-ring (bicyclic) bond motifs is 3. The maximum Gasteiger partial charge on any atom is 0.226 e. The summed E-state index contributed by atoms with van der Waals surface area (Å²) in [6, 6.07) is 17.9. The molecular weight excluding hydrogens is 418 g/mol. The number of carbonyl (C=O) groups is 2. The lowest BCUT2D eigenvalue weighted by molar-refractivity contribution is -0.143. The highest BCUT2D eigenvalue weighted by Crippen LogP contribution is 2.39. The Morgan fingerprint density at radius 1 is 1.12 bits per heavy atom. The molecule has 2 heterocycles. The highest BCUT2D eigenvalue weighted by Gasteiger charge is 2.51. The van der Waals surface area contributed by atoms with Crippen LogP contribution in [0.4, 0.5) is 0 Å². The van der Waals surface area contributed by atoms with Crippen LogP contribution in [0.5, 0.6) is 5.75 Å². The highest BCUT2D eigenvalue weighted by molar-refractivity contribution is 5.83. The Balaban J connectivity index is 1.22. The van der Waals surface area contributed by atoms with Crippen molar-refractivity contribution in [1.82, 2.24) is 26.6 Å². The summed E-state index contributed by atoms with van der Waals surface area (Å²) in [6.45, 7) is 0.625. The minimum atomic E-state index is -0.216. The van der Waals surface area contributed by atoms with E-state index in [1.165, 1.54) is 5.56 Å². The Hall–Kier alpha value is -2.94. The SMILES string of the molecule is COc1ccc(C2NNN3C4CC(C(=O)NCCc5ccccc5)CCC4C(=O)NC23)cc1. The Bertz CT molecular complexity index is 983. The van der Waals surface area contributed by atoms with Gasteiger partial charge in [-0.1, -0.05) is 42.5 Å². The Morgan fingerprint density at radius 3 is 2.67 bits per heavy atom. The third kappa shape index (κ3) is 4.46. The molecule has 33 heavy (non-hydrogen) atoms. The van der Waals surface area contributed by atoms with Crippen molar-refractivity contribution >= 4 is 11.8 Å². The van der Waals surface area contributed by atoms with E-state index in [1.54, 1.807) is 7.11 Å². The summed E-state index contributed by atoms with van der Waals surface area (Å²) in [5.41, 5.74) is 8.88. The Morgan fingerprint density at radius 2 is 1.91 bits per heavy atom. The summed E-state index contributed by atoms with van der Waals surface area (Å²) in [5, 5.41) is 8.39. The first-order valence-corrected chi connectivity index (χ1v) is 11.7. The van der Waals surface area contributed by atoms with E-state index in [-0.39, 0.29) is 41.9 Å². The number of methoxy groups -OCH3 is 1. The van der Waals surface area contributed by atoms with E-state index in [2.05, 4.69) is 38.7 Å². The van der Waals surface area contributed by atoms with Crippen LogP contribution in [0.1, 0.15) is 36.4 Å². The molecule has 2 aromatic rings. The molecule has 0 radical (unpaired) electrons. The number of hydrogen-bond donors (Lipinski definition) is 4. The number of carbonyl (C=O) groups excluding carboxylic acids is 2. The lowest BCUT2D eigenvalue weighted by atomic mass is 9.75. The first-order valence-electron chi connectivity index (χ1n) is 11.7. The van der Waals surface area contributed by atoms with Crippen LogP contribution < -0.4 is 26.3 Å². The number of hydrogen-bond acceptors (Lipinski definition) is 6. The van der Waals surface area contributed by atoms with E-state index in [1.807, 2.05) is 42.5 Å². The molecular formula is C25H31N5O3. The van der Waals surface area contributed by atoms with Gasteiger partial charge in [0.15, 0.2) is 0 Å². The summed E-state index contributed by atoms with van der Waals surface area (Å²) >= 11 is 0. The number of nitrogens with zero attached hydrogens (tertiary/aromatic N) is 1. The van der Waals surface area contributed by atoms with Crippen molar-refractivity contribution in [3.63, 3.8) is 0 Å². The van der Waals surface area contributed by atoms with Crippen molar-refractivity contribution in [3.8, 4) is 5.75 Å². The molecule has 5 atom stereocenters. The average molecular weight is 450 g/mol. The molecule has 0 spiro atoms. The number of nitrogens with one attached hydrogen (secondary N) is 4. The van der Waals surface area contributed by atoms with Crippen molar-refractivity contribution in [1.29, 1.82) is 0 Å². The van der Waals surface area contributed by atoms with Crippen LogP contribution >= 0.6 is 0 Å². The maximum absolute atomic E-state index is 12.9. The number of ether oxygens (including phenoxy) is 1. The van der Waals surface area contributed by atoms with Crippen LogP contribution in [0.25, 0.3) is 0 Å². The first kappa shape index (κ1) is 21.9. The summed E-state index contributed by atoms with van der Waals surface area (Å²) in [5.74, 6) is 0.760. The molecule has 2 aromatic carbocycles. The predicted molar refractivity (Wildman–Crippen MR) is 124 cm³/mol. The van der Waals surface area contributed by atoms with Crippen molar-refractivity contribution in [2.45, 2.75) is 43.9 Å². The van der Waals surface area contributed by atoms with Gasteiger partial charge in [0.1, 0.15) is 11.9 Å². The zero-order valence-corrected chi connectivity index (χ0v) is 18.8. The average Bonchev–Trinajstić information content (AvgIpc) is 3.28. The molecule has 3 aliphatic rings. The lowest BCUT2D eigenvalue weighted by Gasteiger charge is -2.46. The predicted octanol–water partition coefficient (Wildman–Crippen LogP) is 1.66. The van der Waals surface area contributed by atoms with Crippen LogP contribution in [0, 0.1) is 11.8 Å². The maximum atomic E-state index is 12.9. The molecule has 2 aliphatic heterocycles. The normalized spacial score (nSPS) is 29.0. The van der Waals surface area contributed by atoms with Crippen molar-refractivity contribution in [2.24, 2.45) is 11.8 Å². The molecule has 0 bridgehead atoms. The van der Waals surface area contributed by atoms with E-state index < -0.39 is 0 Å². The lowest BCUT2D eigenvalue weighted by Crippen LogP contribution is -2.65. The highest BCUT2D eigenvalue weighted by atomic mass is 16.5. The summed E-state index contributed by atoms with van der Waals surface area (Å²) < 4.78 is 5.26. The summed E-state index contributed by atoms with van der Waals surface area (Å²) in [6.07, 6.45) is 2.71. The third-order valence-corrected chi connectivity index (χ3v) is 7.17. The fourth-order valence-corrected chi connectivity index (χ4v) is 5.34. The van der Waals surface area contributed by atoms with Crippen LogP contribution in [-0.2, 0) is 16.0 Å². The molecule has 4 N–H and O–H groups in total. The third-order valence-electron chi connectivity index (χ3n) is 7.17. The quantitative estimate of drug-likeness (QED) is 0.536. The van der Waals surface area contributed by atoms with E-state index in [0.29, 0.717) is 19.4 Å². The summed E-state index contributed by atoms with van der Waals surface area (Å²) in [4.78, 5) is 25.8. The monoisotopic (exact) mass is 449 g/mol. The second-order valence-electron chi connectivity index (χ2n) is 9.08. The molecule has 2 saturated heterocycles. The van der Waals surface area contributed by atoms with Gasteiger partial charge in [0.25, 0.3) is 0 Å². The first-order chi connectivity index (χ1) is 16.1. The largest absolute Gasteiger partial charge is 0.497 e. The zero-order valence-electron chi connectivity index (χ0n) is 18.8. The standard InChI is InChI=1S/C25H31N5O3/c1-33-19-10-7-17(8-11-19)22-23-27-25(32)20-12-9-18(15-21(20)30(23)29-28-22)24(31)26-14-13-16-5-3-2-4-6-16/h2-8,10-11,18,20-23,28-29H,9,12-15H2,1H3,(H,26,31)(H,27,32). The van der Waals surface area contributed by atoms with Crippen LogP contribution in [0.2, 0.25) is 0 Å². The van der Waals surface area contributed by atoms with Gasteiger partial charge < -0.3 is 15.4 Å². The molecule has 1 saturated carbocycles. The van der Waals surface area contributed by atoms with Gasteiger partial charge >= 0.3 is 0 Å². The van der Waals surface area contributed by atoms with Gasteiger partial charge in [-0.05, 0) is 48.9 Å².